The average Bonchev–Trinajstić information content (AvgIpc) is 3.17. The van der Waals surface area contributed by atoms with Gasteiger partial charge in [-0.15, -0.1) is 11.3 Å². The fourth-order valence-corrected chi connectivity index (χ4v) is 3.74. The van der Waals surface area contributed by atoms with Crippen molar-refractivity contribution in [2.24, 2.45) is 0 Å². The molecule has 3 aromatic rings. The van der Waals surface area contributed by atoms with Gasteiger partial charge in [0.15, 0.2) is 6.54 Å². The Hall–Kier alpha value is -2.65. The summed E-state index contributed by atoms with van der Waals surface area (Å²) < 4.78 is 0. The number of hydrogen-bond donors (Lipinski definition) is 2. The summed E-state index contributed by atoms with van der Waals surface area (Å²) in [7, 11) is 0. The highest BCUT2D eigenvalue weighted by Gasteiger charge is 2.19. The van der Waals surface area contributed by atoms with Gasteiger partial charge in [-0.1, -0.05) is 48.0 Å². The number of nitrogens with zero attached hydrogens (tertiary/aromatic N) is 1. The van der Waals surface area contributed by atoms with Gasteiger partial charge in [0.25, 0.3) is 5.91 Å². The van der Waals surface area contributed by atoms with Crippen LogP contribution in [0.25, 0.3) is 0 Å². The van der Waals surface area contributed by atoms with Crippen molar-refractivity contribution in [2.45, 2.75) is 6.04 Å². The van der Waals surface area contributed by atoms with E-state index in [2.05, 4.69) is 23.5 Å². The summed E-state index contributed by atoms with van der Waals surface area (Å²) in [5.74, 6) is -0.122. The summed E-state index contributed by atoms with van der Waals surface area (Å²) in [5.41, 5.74) is 2.13. The number of halogens is 1. The minimum atomic E-state index is -0.122. The van der Waals surface area contributed by atoms with E-state index in [1.54, 1.807) is 29.5 Å². The molecule has 0 saturated carbocycles. The number of amides is 1. The minimum absolute atomic E-state index is 0.0755. The Balaban J connectivity index is 1.67. The molecule has 3 rings (SSSR count). The molecule has 0 unspecified atom stereocenters. The second-order valence-corrected chi connectivity index (χ2v) is 7.08. The van der Waals surface area contributed by atoms with Crippen molar-refractivity contribution in [3.63, 3.8) is 0 Å². The van der Waals surface area contributed by atoms with E-state index in [1.807, 2.05) is 41.0 Å². The molecular weight excluding hydrogens is 366 g/mol. The van der Waals surface area contributed by atoms with Crippen LogP contribution in [0.15, 0.2) is 66.0 Å². The Kier molecular flexibility index (Phi) is 6.03. The monoisotopic (exact) mass is 382 g/mol. The van der Waals surface area contributed by atoms with Crippen molar-refractivity contribution in [2.75, 3.05) is 11.9 Å². The molecule has 0 radical (unpaired) electrons. The molecule has 2 aromatic carbocycles. The highest BCUT2D eigenvalue weighted by atomic mass is 35.5. The number of quaternary nitrogens is 1. The molecule has 0 saturated heterocycles. The molecule has 3 N–H and O–H groups in total. The van der Waals surface area contributed by atoms with E-state index >= 15 is 0 Å². The molecule has 6 heteroatoms. The van der Waals surface area contributed by atoms with Crippen molar-refractivity contribution in [3.8, 4) is 6.07 Å². The van der Waals surface area contributed by atoms with Crippen LogP contribution in [0.2, 0.25) is 5.02 Å². The Bertz CT molecular complexity index is 920. The number of nitrogens with one attached hydrogen (secondary N) is 1. The molecule has 4 nitrogen and oxygen atoms in total. The second-order valence-electron chi connectivity index (χ2n) is 5.70. The molecule has 0 fully saturated rings. The van der Waals surface area contributed by atoms with Crippen LogP contribution >= 0.6 is 22.9 Å². The Morgan fingerprint density at radius 2 is 2.00 bits per heavy atom. The lowest BCUT2D eigenvalue weighted by atomic mass is 10.1. The quantitative estimate of drug-likeness (QED) is 0.684. The average molecular weight is 383 g/mol. The van der Waals surface area contributed by atoms with Gasteiger partial charge in [0, 0.05) is 11.3 Å². The van der Waals surface area contributed by atoms with Crippen LogP contribution in [0.3, 0.4) is 0 Å². The second kappa shape index (κ2) is 8.63. The Morgan fingerprint density at radius 1 is 1.19 bits per heavy atom. The Labute approximate surface area is 161 Å². The smallest absolute Gasteiger partial charge is 0.279 e. The molecule has 0 aliphatic carbocycles. The van der Waals surface area contributed by atoms with Gasteiger partial charge in [-0.05, 0) is 29.6 Å². The van der Waals surface area contributed by atoms with Crippen LogP contribution in [0.4, 0.5) is 5.69 Å². The van der Waals surface area contributed by atoms with Crippen LogP contribution < -0.4 is 10.6 Å². The predicted molar refractivity (Wildman–Crippen MR) is 104 cm³/mol. The first-order valence-electron chi connectivity index (χ1n) is 8.08. The van der Waals surface area contributed by atoms with Crippen molar-refractivity contribution >= 4 is 34.5 Å². The first-order chi connectivity index (χ1) is 12.7. The maximum atomic E-state index is 12.3. The third-order valence-corrected chi connectivity index (χ3v) is 5.19. The van der Waals surface area contributed by atoms with Gasteiger partial charge in [0.05, 0.1) is 15.5 Å². The fraction of sp³-hybridized carbons (Fsp3) is 0.100. The summed E-state index contributed by atoms with van der Waals surface area (Å²) in [6.45, 7) is 0.273. The van der Waals surface area contributed by atoms with Gasteiger partial charge in [0.1, 0.15) is 12.1 Å². The van der Waals surface area contributed by atoms with E-state index in [0.29, 0.717) is 16.3 Å². The number of nitriles is 1. The summed E-state index contributed by atoms with van der Waals surface area (Å²) in [4.78, 5) is 13.5. The van der Waals surface area contributed by atoms with Gasteiger partial charge in [-0.2, -0.15) is 5.26 Å². The molecule has 1 heterocycles. The lowest BCUT2D eigenvalue weighted by Crippen LogP contribution is -2.87. The van der Waals surface area contributed by atoms with Gasteiger partial charge in [0.2, 0.25) is 0 Å². The summed E-state index contributed by atoms with van der Waals surface area (Å²) in [5, 5.41) is 16.1. The molecule has 0 aliphatic rings. The van der Waals surface area contributed by atoms with Crippen molar-refractivity contribution in [1.82, 2.24) is 0 Å². The molecule has 0 bridgehead atoms. The van der Waals surface area contributed by atoms with Crippen molar-refractivity contribution in [1.29, 1.82) is 5.26 Å². The molecule has 26 heavy (non-hydrogen) atoms. The van der Waals surface area contributed by atoms with Gasteiger partial charge >= 0.3 is 0 Å². The van der Waals surface area contributed by atoms with E-state index in [-0.39, 0.29) is 18.5 Å². The number of thiophene rings is 1. The zero-order valence-electron chi connectivity index (χ0n) is 13.9. The van der Waals surface area contributed by atoms with E-state index in [4.69, 9.17) is 16.9 Å². The number of anilines is 1. The zero-order chi connectivity index (χ0) is 18.4. The predicted octanol–water partition coefficient (Wildman–Crippen LogP) is 3.56. The zero-order valence-corrected chi connectivity index (χ0v) is 15.4. The third kappa shape index (κ3) is 4.50. The van der Waals surface area contributed by atoms with Gasteiger partial charge in [-0.3, -0.25) is 4.79 Å². The lowest BCUT2D eigenvalue weighted by Gasteiger charge is -2.14. The maximum Gasteiger partial charge on any atom is 0.279 e. The topological polar surface area (TPSA) is 69.5 Å². The molecule has 1 atom stereocenters. The number of hydrogen-bond acceptors (Lipinski definition) is 3. The van der Waals surface area contributed by atoms with E-state index in [9.17, 15) is 4.79 Å². The molecule has 1 amide bonds. The van der Waals surface area contributed by atoms with Crippen LogP contribution in [-0.4, -0.2) is 12.5 Å². The van der Waals surface area contributed by atoms with Crippen LogP contribution in [0.5, 0.6) is 0 Å². The molecule has 130 valence electrons. The standard InChI is InChI=1S/C20H16ClN3OS/c21-17-11-16(9-8-15(17)12-22)24-19(25)13-23-20(18-7-4-10-26-18)14-5-2-1-3-6-14/h1-11,20,23H,13H2,(H,24,25)/p+1/t20-/m0/s1. The van der Waals surface area contributed by atoms with Crippen LogP contribution in [-0.2, 0) is 4.79 Å². The van der Waals surface area contributed by atoms with Crippen molar-refractivity contribution in [3.05, 3.63) is 87.1 Å². The van der Waals surface area contributed by atoms with E-state index in [0.717, 1.165) is 5.56 Å². The largest absolute Gasteiger partial charge is 0.328 e. The van der Waals surface area contributed by atoms with Gasteiger partial charge in [-0.25, -0.2) is 0 Å². The fourth-order valence-electron chi connectivity index (χ4n) is 2.67. The maximum absolute atomic E-state index is 12.3. The summed E-state index contributed by atoms with van der Waals surface area (Å²) in [6, 6.07) is 21.2. The third-order valence-electron chi connectivity index (χ3n) is 3.92. The van der Waals surface area contributed by atoms with Crippen molar-refractivity contribution < 1.29 is 10.1 Å². The summed E-state index contributed by atoms with van der Waals surface area (Å²) in [6.07, 6.45) is 0. The highest BCUT2D eigenvalue weighted by Crippen LogP contribution is 2.22. The number of benzene rings is 2. The molecule has 0 spiro atoms. The number of nitrogens with two attached hydrogens (primary N) is 1. The first-order valence-corrected chi connectivity index (χ1v) is 9.34. The number of carbonyl (C=O) groups excluding carboxylic acids is 1. The normalized spacial score (nSPS) is 11.5. The van der Waals surface area contributed by atoms with E-state index in [1.165, 1.54) is 4.88 Å². The van der Waals surface area contributed by atoms with E-state index < -0.39 is 0 Å². The lowest BCUT2D eigenvalue weighted by molar-refractivity contribution is -0.675. The first kappa shape index (κ1) is 18.2. The molecule has 0 aliphatic heterocycles. The SMILES string of the molecule is N#Cc1ccc(NC(=O)C[NH2+][C@@H](c2ccccc2)c2cccs2)cc1Cl. The number of rotatable bonds is 6. The van der Waals surface area contributed by atoms with Gasteiger partial charge < -0.3 is 10.6 Å². The molecular formula is C20H17ClN3OS+. The van der Waals surface area contributed by atoms with Crippen LogP contribution in [0, 0.1) is 11.3 Å². The summed E-state index contributed by atoms with van der Waals surface area (Å²) >= 11 is 7.68. The minimum Gasteiger partial charge on any atom is -0.328 e. The Morgan fingerprint density at radius 3 is 2.65 bits per heavy atom. The molecule has 1 aromatic heterocycles. The highest BCUT2D eigenvalue weighted by molar-refractivity contribution is 7.10. The number of carbonyl (C=O) groups is 1. The van der Waals surface area contributed by atoms with Crippen LogP contribution in [0.1, 0.15) is 22.0 Å².